The van der Waals surface area contributed by atoms with Gasteiger partial charge in [0.25, 0.3) is 6.43 Å². The van der Waals surface area contributed by atoms with E-state index < -0.39 is 18.1 Å². The molecule has 0 fully saturated rings. The zero-order valence-corrected chi connectivity index (χ0v) is 23.5. The maximum absolute atomic E-state index is 14.4. The van der Waals surface area contributed by atoms with E-state index in [0.717, 1.165) is 46.5 Å². The third-order valence-electron chi connectivity index (χ3n) is 7.59. The van der Waals surface area contributed by atoms with Crippen LogP contribution in [0.15, 0.2) is 36.7 Å². The van der Waals surface area contributed by atoms with Gasteiger partial charge in [-0.1, -0.05) is 6.07 Å². The predicted molar refractivity (Wildman–Crippen MR) is 150 cm³/mol. The van der Waals surface area contributed by atoms with E-state index >= 15 is 0 Å². The maximum atomic E-state index is 14.4. The number of alkyl halides is 2. The van der Waals surface area contributed by atoms with Crippen LogP contribution in [0.3, 0.4) is 0 Å². The SMILES string of the molecule is Cn1cc(-c2cc3c(cc2C(F)F)N(c2cc(C(CN)CO)cc4c2CN(C(=O)OC(C)(C)C)C4)CCC3)cn1. The number of anilines is 2. The summed E-state index contributed by atoms with van der Waals surface area (Å²) >= 11 is 0. The van der Waals surface area contributed by atoms with Crippen LogP contribution in [-0.4, -0.2) is 51.2 Å². The molecule has 2 aliphatic rings. The van der Waals surface area contributed by atoms with Gasteiger partial charge in [0.05, 0.1) is 19.3 Å². The minimum atomic E-state index is -2.67. The predicted octanol–water partition coefficient (Wildman–Crippen LogP) is 5.39. The number of hydrogen-bond acceptors (Lipinski definition) is 6. The van der Waals surface area contributed by atoms with Crippen LogP contribution in [0, 0.1) is 0 Å². The molecule has 40 heavy (non-hydrogen) atoms. The summed E-state index contributed by atoms with van der Waals surface area (Å²) < 4.78 is 36.1. The van der Waals surface area contributed by atoms with Gasteiger partial charge in [0.1, 0.15) is 5.60 Å². The molecule has 5 rings (SSSR count). The van der Waals surface area contributed by atoms with E-state index in [-0.39, 0.29) is 24.6 Å². The molecule has 0 radical (unpaired) electrons. The molecule has 3 aromatic rings. The normalized spacial score (nSPS) is 15.8. The third-order valence-corrected chi connectivity index (χ3v) is 7.59. The molecule has 2 aliphatic heterocycles. The summed E-state index contributed by atoms with van der Waals surface area (Å²) in [6, 6.07) is 7.47. The summed E-state index contributed by atoms with van der Waals surface area (Å²) in [5, 5.41) is 14.2. The Labute approximate surface area is 233 Å². The summed E-state index contributed by atoms with van der Waals surface area (Å²) in [6.45, 7) is 6.96. The van der Waals surface area contributed by atoms with Crippen molar-refractivity contribution in [2.45, 2.75) is 64.6 Å². The first kappa shape index (κ1) is 28.0. The van der Waals surface area contributed by atoms with Gasteiger partial charge in [-0.2, -0.15) is 5.10 Å². The number of aliphatic hydroxyl groups is 1. The van der Waals surface area contributed by atoms with Crippen molar-refractivity contribution in [1.82, 2.24) is 14.7 Å². The number of ether oxygens (including phenoxy) is 1. The average molecular weight is 554 g/mol. The Hall–Kier alpha value is -3.50. The van der Waals surface area contributed by atoms with E-state index in [9.17, 15) is 18.7 Å². The van der Waals surface area contributed by atoms with Crippen LogP contribution < -0.4 is 10.6 Å². The number of benzene rings is 2. The number of nitrogens with zero attached hydrogens (tertiary/aromatic N) is 4. The van der Waals surface area contributed by atoms with Crippen molar-refractivity contribution in [1.29, 1.82) is 0 Å². The number of aryl methyl sites for hydroxylation is 2. The van der Waals surface area contributed by atoms with Crippen molar-refractivity contribution in [2.75, 3.05) is 24.6 Å². The van der Waals surface area contributed by atoms with Crippen LogP contribution in [0.4, 0.5) is 25.0 Å². The smallest absolute Gasteiger partial charge is 0.410 e. The van der Waals surface area contributed by atoms with E-state index in [2.05, 4.69) is 10.00 Å². The number of fused-ring (bicyclic) bond motifs is 2. The first-order valence-electron chi connectivity index (χ1n) is 13.6. The van der Waals surface area contributed by atoms with Gasteiger partial charge in [-0.3, -0.25) is 9.58 Å². The second-order valence-electron chi connectivity index (χ2n) is 11.7. The van der Waals surface area contributed by atoms with Crippen LogP contribution in [0.1, 0.15) is 67.4 Å². The number of nitrogens with two attached hydrogens (primary N) is 1. The van der Waals surface area contributed by atoms with Gasteiger partial charge in [0, 0.05) is 66.9 Å². The van der Waals surface area contributed by atoms with Gasteiger partial charge in [-0.25, -0.2) is 13.6 Å². The summed E-state index contributed by atoms with van der Waals surface area (Å²) in [6.07, 6.45) is 1.88. The molecule has 1 atom stereocenters. The van der Waals surface area contributed by atoms with E-state index in [4.69, 9.17) is 10.5 Å². The van der Waals surface area contributed by atoms with Crippen molar-refractivity contribution in [3.05, 3.63) is 64.5 Å². The Bertz CT molecular complexity index is 1410. The highest BCUT2D eigenvalue weighted by Gasteiger charge is 2.33. The van der Waals surface area contributed by atoms with Crippen molar-refractivity contribution in [2.24, 2.45) is 12.8 Å². The Kier molecular flexibility index (Phi) is 7.58. The minimum absolute atomic E-state index is 0.0444. The molecule has 0 bridgehead atoms. The highest BCUT2D eigenvalue weighted by molar-refractivity contribution is 5.79. The van der Waals surface area contributed by atoms with E-state index in [1.807, 2.05) is 39.0 Å². The number of amides is 1. The summed E-state index contributed by atoms with van der Waals surface area (Å²) in [4.78, 5) is 16.7. The standard InChI is InChI=1S/C30H37F2N5O3/c1-30(2,3)40-29(39)36-15-20-8-19(21(12-33)17-38)10-27(25(20)16-36)37-7-5-6-18-9-23(22-13-34-35(4)14-22)24(28(31)32)11-26(18)37/h8-11,13-14,21,28,38H,5-7,12,15-17,33H2,1-4H3. The second kappa shape index (κ2) is 10.8. The molecule has 10 heteroatoms. The highest BCUT2D eigenvalue weighted by atomic mass is 19.3. The highest BCUT2D eigenvalue weighted by Crippen LogP contribution is 2.44. The molecule has 1 amide bonds. The van der Waals surface area contributed by atoms with Crippen molar-refractivity contribution in [3.8, 4) is 11.1 Å². The molecular formula is C30H37F2N5O3. The number of halogens is 2. The Morgan fingerprint density at radius 3 is 2.55 bits per heavy atom. The first-order valence-corrected chi connectivity index (χ1v) is 13.6. The fourth-order valence-electron chi connectivity index (χ4n) is 5.65. The molecule has 3 heterocycles. The lowest BCUT2D eigenvalue weighted by atomic mass is 9.90. The Morgan fingerprint density at radius 1 is 1.15 bits per heavy atom. The van der Waals surface area contributed by atoms with Gasteiger partial charge >= 0.3 is 6.09 Å². The fourth-order valence-corrected chi connectivity index (χ4v) is 5.65. The lowest BCUT2D eigenvalue weighted by Gasteiger charge is -2.34. The molecule has 0 saturated heterocycles. The number of hydrogen-bond donors (Lipinski definition) is 2. The number of carbonyl (C=O) groups is 1. The topological polar surface area (TPSA) is 96.9 Å². The monoisotopic (exact) mass is 553 g/mol. The van der Waals surface area contributed by atoms with Crippen LogP contribution >= 0.6 is 0 Å². The van der Waals surface area contributed by atoms with Crippen LogP contribution in [-0.2, 0) is 31.3 Å². The largest absolute Gasteiger partial charge is 0.444 e. The number of rotatable bonds is 6. The molecule has 1 aromatic heterocycles. The molecule has 3 N–H and O–H groups in total. The van der Waals surface area contributed by atoms with Crippen LogP contribution in [0.5, 0.6) is 0 Å². The van der Waals surface area contributed by atoms with Gasteiger partial charge < -0.3 is 20.5 Å². The molecule has 2 aromatic carbocycles. The lowest BCUT2D eigenvalue weighted by Crippen LogP contribution is -2.33. The van der Waals surface area contributed by atoms with Crippen molar-refractivity contribution < 1.29 is 23.4 Å². The molecule has 0 spiro atoms. The molecular weight excluding hydrogens is 516 g/mol. The van der Waals surface area contributed by atoms with E-state index in [1.54, 1.807) is 35.1 Å². The zero-order chi connectivity index (χ0) is 28.8. The van der Waals surface area contributed by atoms with E-state index in [1.165, 1.54) is 0 Å². The number of aromatic nitrogens is 2. The van der Waals surface area contributed by atoms with Crippen molar-refractivity contribution in [3.63, 3.8) is 0 Å². The molecule has 8 nitrogen and oxygen atoms in total. The van der Waals surface area contributed by atoms with Crippen molar-refractivity contribution >= 4 is 17.5 Å². The molecule has 1 unspecified atom stereocenters. The van der Waals surface area contributed by atoms with Crippen LogP contribution in [0.25, 0.3) is 11.1 Å². The minimum Gasteiger partial charge on any atom is -0.444 e. The quantitative estimate of drug-likeness (QED) is 0.425. The summed E-state index contributed by atoms with van der Waals surface area (Å²) in [7, 11) is 1.76. The Morgan fingerprint density at radius 2 is 1.93 bits per heavy atom. The zero-order valence-electron chi connectivity index (χ0n) is 23.5. The van der Waals surface area contributed by atoms with Gasteiger partial charge in [0.2, 0.25) is 0 Å². The summed E-state index contributed by atoms with van der Waals surface area (Å²) in [5.74, 6) is -0.284. The fraction of sp³-hybridized carbons (Fsp3) is 0.467. The number of aliphatic hydroxyl groups excluding tert-OH is 1. The van der Waals surface area contributed by atoms with Gasteiger partial charge in [0.15, 0.2) is 0 Å². The third kappa shape index (κ3) is 5.42. The second-order valence-corrected chi connectivity index (χ2v) is 11.7. The van der Waals surface area contributed by atoms with Gasteiger partial charge in [-0.15, -0.1) is 0 Å². The lowest BCUT2D eigenvalue weighted by molar-refractivity contribution is 0.0242. The molecule has 214 valence electrons. The average Bonchev–Trinajstić information content (AvgIpc) is 3.53. The number of carbonyl (C=O) groups excluding carboxylic acids is 1. The molecule has 0 saturated carbocycles. The molecule has 0 aliphatic carbocycles. The summed E-state index contributed by atoms with van der Waals surface area (Å²) in [5.41, 5.74) is 11.8. The Balaban J connectivity index is 1.62. The first-order chi connectivity index (χ1) is 19.0. The maximum Gasteiger partial charge on any atom is 0.410 e. The van der Waals surface area contributed by atoms with Crippen LogP contribution in [0.2, 0.25) is 0 Å². The van der Waals surface area contributed by atoms with E-state index in [0.29, 0.717) is 30.8 Å². The van der Waals surface area contributed by atoms with Gasteiger partial charge in [-0.05, 0) is 74.1 Å².